The molecule has 2 atom stereocenters. The number of carbonyl (C=O) groups is 1. The molecule has 1 aromatic heterocycles. The van der Waals surface area contributed by atoms with Crippen molar-refractivity contribution in [2.24, 2.45) is 0 Å². The van der Waals surface area contributed by atoms with Gasteiger partial charge in [-0.25, -0.2) is 4.98 Å². The van der Waals surface area contributed by atoms with E-state index in [1.54, 1.807) is 0 Å². The highest BCUT2D eigenvalue weighted by molar-refractivity contribution is 7.18. The molecule has 1 amide bonds. The molecule has 21 heavy (non-hydrogen) atoms. The number of morpholine rings is 1. The predicted molar refractivity (Wildman–Crippen MR) is 83.9 cm³/mol. The van der Waals surface area contributed by atoms with Crippen molar-refractivity contribution in [1.82, 2.24) is 9.88 Å². The number of ether oxygens (including phenoxy) is 1. The zero-order chi connectivity index (χ0) is 15.0. The molecule has 6 nitrogen and oxygen atoms in total. The summed E-state index contributed by atoms with van der Waals surface area (Å²) in [4.78, 5) is 21.7. The summed E-state index contributed by atoms with van der Waals surface area (Å²) in [7, 11) is 1.95. The molecule has 0 bridgehead atoms. The van der Waals surface area contributed by atoms with E-state index in [1.165, 1.54) is 11.3 Å². The Bertz CT molecular complexity index is 533. The van der Waals surface area contributed by atoms with Gasteiger partial charge in [-0.3, -0.25) is 4.79 Å². The second kappa shape index (κ2) is 5.81. The largest absolute Gasteiger partial charge is 0.382 e. The van der Waals surface area contributed by atoms with E-state index in [9.17, 15) is 4.79 Å². The van der Waals surface area contributed by atoms with Crippen LogP contribution in [0.2, 0.25) is 0 Å². The predicted octanol–water partition coefficient (Wildman–Crippen LogP) is 1.57. The number of hydrogen-bond acceptors (Lipinski definition) is 6. The fourth-order valence-electron chi connectivity index (χ4n) is 3.08. The van der Waals surface area contributed by atoms with Crippen LogP contribution in [0.25, 0.3) is 0 Å². The van der Waals surface area contributed by atoms with Crippen molar-refractivity contribution in [3.63, 3.8) is 0 Å². The molecule has 0 aromatic carbocycles. The van der Waals surface area contributed by atoms with Gasteiger partial charge in [-0.1, -0.05) is 11.3 Å². The minimum atomic E-state index is 0.0148. The van der Waals surface area contributed by atoms with Crippen molar-refractivity contribution in [3.05, 3.63) is 4.88 Å². The van der Waals surface area contributed by atoms with Gasteiger partial charge in [0.25, 0.3) is 5.91 Å². The summed E-state index contributed by atoms with van der Waals surface area (Å²) in [6, 6.07) is 0.208. The molecule has 0 radical (unpaired) electrons. The Morgan fingerprint density at radius 3 is 3.14 bits per heavy atom. The standard InChI is InChI=1S/C14H22N4O2S/c1-3-17(2)14-16-12(15)11(21-14)13(19)18-7-8-20-10-6-4-5-9(10)18/h9-10H,3-8,15H2,1-2H3. The van der Waals surface area contributed by atoms with E-state index in [0.717, 1.165) is 30.9 Å². The molecule has 3 rings (SSSR count). The number of carbonyl (C=O) groups excluding carboxylic acids is 1. The van der Waals surface area contributed by atoms with Gasteiger partial charge < -0.3 is 20.3 Å². The maximum atomic E-state index is 12.8. The van der Waals surface area contributed by atoms with Crippen molar-refractivity contribution in [3.8, 4) is 0 Å². The molecule has 1 saturated carbocycles. The topological polar surface area (TPSA) is 71.7 Å². The Hall–Kier alpha value is -1.34. The minimum absolute atomic E-state index is 0.0148. The van der Waals surface area contributed by atoms with Gasteiger partial charge in [0.15, 0.2) is 5.13 Å². The van der Waals surface area contributed by atoms with Crippen LogP contribution in [0.1, 0.15) is 35.9 Å². The van der Waals surface area contributed by atoms with E-state index in [0.29, 0.717) is 23.8 Å². The highest BCUT2D eigenvalue weighted by atomic mass is 32.1. The van der Waals surface area contributed by atoms with E-state index < -0.39 is 0 Å². The monoisotopic (exact) mass is 310 g/mol. The zero-order valence-electron chi connectivity index (χ0n) is 12.5. The number of rotatable bonds is 3. The lowest BCUT2D eigenvalue weighted by Crippen LogP contribution is -2.51. The Balaban J connectivity index is 1.83. The number of amides is 1. The molecule has 0 spiro atoms. The van der Waals surface area contributed by atoms with Crippen LogP contribution in [0.15, 0.2) is 0 Å². The molecule has 1 aromatic rings. The zero-order valence-corrected chi connectivity index (χ0v) is 13.4. The molecule has 2 aliphatic rings. The highest BCUT2D eigenvalue weighted by Crippen LogP contribution is 2.34. The van der Waals surface area contributed by atoms with Crippen molar-refractivity contribution in [2.45, 2.75) is 38.3 Å². The lowest BCUT2D eigenvalue weighted by atomic mass is 10.1. The molecule has 2 N–H and O–H groups in total. The average Bonchev–Trinajstić information content (AvgIpc) is 3.11. The van der Waals surface area contributed by atoms with Gasteiger partial charge in [0.1, 0.15) is 10.7 Å². The van der Waals surface area contributed by atoms with Gasteiger partial charge in [-0.05, 0) is 26.2 Å². The number of anilines is 2. The lowest BCUT2D eigenvalue weighted by molar-refractivity contribution is -0.0443. The number of fused-ring (bicyclic) bond motifs is 1. The van der Waals surface area contributed by atoms with E-state index in [1.807, 2.05) is 23.8 Å². The summed E-state index contributed by atoms with van der Waals surface area (Å²) in [6.07, 6.45) is 3.41. The second-order valence-corrected chi connectivity index (χ2v) is 6.61. The summed E-state index contributed by atoms with van der Waals surface area (Å²) in [5.41, 5.74) is 5.97. The molecule has 1 aliphatic carbocycles. The first-order valence-electron chi connectivity index (χ1n) is 7.51. The number of hydrogen-bond donors (Lipinski definition) is 1. The first-order chi connectivity index (χ1) is 10.1. The molecule has 2 fully saturated rings. The van der Waals surface area contributed by atoms with Gasteiger partial charge in [-0.15, -0.1) is 0 Å². The normalized spacial score (nSPS) is 25.0. The summed E-state index contributed by atoms with van der Waals surface area (Å²) < 4.78 is 5.76. The van der Waals surface area contributed by atoms with Crippen molar-refractivity contribution < 1.29 is 9.53 Å². The third-order valence-electron chi connectivity index (χ3n) is 4.38. The van der Waals surface area contributed by atoms with E-state index in [-0.39, 0.29) is 18.1 Å². The van der Waals surface area contributed by atoms with Gasteiger partial charge in [0, 0.05) is 20.1 Å². The van der Waals surface area contributed by atoms with Gasteiger partial charge in [0.05, 0.1) is 18.8 Å². The van der Waals surface area contributed by atoms with Crippen LogP contribution in [0.3, 0.4) is 0 Å². The fourth-order valence-corrected chi connectivity index (χ4v) is 4.05. The smallest absolute Gasteiger partial charge is 0.268 e. The molecule has 7 heteroatoms. The van der Waals surface area contributed by atoms with Gasteiger partial charge in [-0.2, -0.15) is 0 Å². The number of nitrogens with two attached hydrogens (primary N) is 1. The highest BCUT2D eigenvalue weighted by Gasteiger charge is 2.39. The Morgan fingerprint density at radius 1 is 1.57 bits per heavy atom. The number of nitrogen functional groups attached to an aromatic ring is 1. The first kappa shape index (κ1) is 14.6. The molecular formula is C14H22N4O2S. The molecule has 116 valence electrons. The van der Waals surface area contributed by atoms with Gasteiger partial charge in [0.2, 0.25) is 0 Å². The Labute approximate surface area is 128 Å². The molecule has 2 heterocycles. The van der Waals surface area contributed by atoms with Crippen LogP contribution in [-0.2, 0) is 4.74 Å². The fraction of sp³-hybridized carbons (Fsp3) is 0.714. The van der Waals surface area contributed by atoms with E-state index in [2.05, 4.69) is 4.98 Å². The Morgan fingerprint density at radius 2 is 2.38 bits per heavy atom. The third-order valence-corrected chi connectivity index (χ3v) is 5.55. The lowest BCUT2D eigenvalue weighted by Gasteiger charge is -2.37. The van der Waals surface area contributed by atoms with Crippen LogP contribution in [0.4, 0.5) is 10.9 Å². The van der Waals surface area contributed by atoms with Crippen LogP contribution in [-0.4, -0.2) is 54.7 Å². The third kappa shape index (κ3) is 2.60. The number of thiazole rings is 1. The van der Waals surface area contributed by atoms with Crippen LogP contribution < -0.4 is 10.6 Å². The first-order valence-corrected chi connectivity index (χ1v) is 8.33. The quantitative estimate of drug-likeness (QED) is 0.917. The van der Waals surface area contributed by atoms with E-state index in [4.69, 9.17) is 10.5 Å². The molecular weight excluding hydrogens is 288 g/mol. The Kier molecular flexibility index (Phi) is 4.03. The maximum absolute atomic E-state index is 12.8. The molecule has 2 unspecified atom stereocenters. The van der Waals surface area contributed by atoms with Crippen molar-refractivity contribution in [1.29, 1.82) is 0 Å². The van der Waals surface area contributed by atoms with Crippen LogP contribution in [0, 0.1) is 0 Å². The second-order valence-electron chi connectivity index (χ2n) is 5.63. The van der Waals surface area contributed by atoms with E-state index >= 15 is 0 Å². The summed E-state index contributed by atoms with van der Waals surface area (Å²) in [5, 5.41) is 0.801. The minimum Gasteiger partial charge on any atom is -0.382 e. The average molecular weight is 310 g/mol. The maximum Gasteiger partial charge on any atom is 0.268 e. The molecule has 1 aliphatic heterocycles. The molecule has 1 saturated heterocycles. The summed E-state index contributed by atoms with van der Waals surface area (Å²) in [6.45, 7) is 4.15. The van der Waals surface area contributed by atoms with Crippen LogP contribution in [0.5, 0.6) is 0 Å². The number of nitrogens with zero attached hydrogens (tertiary/aromatic N) is 3. The van der Waals surface area contributed by atoms with Crippen molar-refractivity contribution >= 4 is 28.2 Å². The summed E-state index contributed by atoms with van der Waals surface area (Å²) >= 11 is 1.39. The number of aromatic nitrogens is 1. The SMILES string of the molecule is CCN(C)c1nc(N)c(C(=O)N2CCOC3CCCC32)s1. The summed E-state index contributed by atoms with van der Waals surface area (Å²) in [5.74, 6) is 0.363. The van der Waals surface area contributed by atoms with Crippen LogP contribution >= 0.6 is 11.3 Å². The van der Waals surface area contributed by atoms with Gasteiger partial charge >= 0.3 is 0 Å². The van der Waals surface area contributed by atoms with Crippen molar-refractivity contribution in [2.75, 3.05) is 37.4 Å².